The van der Waals surface area contributed by atoms with Gasteiger partial charge in [-0.05, 0) is 53.6 Å². The third kappa shape index (κ3) is 3.84. The molecule has 2 atom stereocenters. The highest BCUT2D eigenvalue weighted by Crippen LogP contribution is 2.54. The molecule has 24 heavy (non-hydrogen) atoms. The van der Waals surface area contributed by atoms with Crippen LogP contribution in [0.1, 0.15) is 18.6 Å². The largest absolute Gasteiger partial charge is 0.497 e. The zero-order valence-electron chi connectivity index (χ0n) is 13.5. The number of benzene rings is 3. The second kappa shape index (κ2) is 7.28. The summed E-state index contributed by atoms with van der Waals surface area (Å²) in [6.07, 6.45) is -0.125. The van der Waals surface area contributed by atoms with Crippen molar-refractivity contribution >= 4 is 45.6 Å². The second-order valence-corrected chi connectivity index (χ2v) is 11.4. The van der Waals surface area contributed by atoms with Gasteiger partial charge in [0.15, 0.2) is 0 Å². The van der Waals surface area contributed by atoms with Crippen molar-refractivity contribution in [3.05, 3.63) is 72.3 Å². The van der Waals surface area contributed by atoms with Crippen molar-refractivity contribution in [3.63, 3.8) is 0 Å². The topological polar surface area (TPSA) is 18.5 Å². The molecule has 124 valence electrons. The van der Waals surface area contributed by atoms with Crippen LogP contribution in [0.5, 0.6) is 5.75 Å². The minimum atomic E-state index is -2.38. The highest BCUT2D eigenvalue weighted by molar-refractivity contribution is 8.64. The lowest BCUT2D eigenvalue weighted by atomic mass is 10.0. The Morgan fingerprint density at radius 3 is 2.29 bits per heavy atom. The van der Waals surface area contributed by atoms with Crippen LogP contribution in [-0.2, 0) is 16.3 Å². The van der Waals surface area contributed by atoms with Gasteiger partial charge in [-0.3, -0.25) is 0 Å². The number of fused-ring (bicyclic) bond motifs is 1. The molecule has 3 aromatic carbocycles. The molecule has 0 aliphatic rings. The van der Waals surface area contributed by atoms with E-state index in [1.807, 2.05) is 43.3 Å². The Labute approximate surface area is 153 Å². The maximum Gasteiger partial charge on any atom is 0.146 e. The summed E-state index contributed by atoms with van der Waals surface area (Å²) in [6, 6.07) is 22.3. The molecule has 1 unspecified atom stereocenters. The highest BCUT2D eigenvalue weighted by Gasteiger charge is 2.20. The van der Waals surface area contributed by atoms with E-state index in [0.717, 1.165) is 16.6 Å². The van der Waals surface area contributed by atoms with Crippen LogP contribution in [0, 0.1) is 0 Å². The van der Waals surface area contributed by atoms with Crippen molar-refractivity contribution < 1.29 is 9.26 Å². The molecule has 0 aliphatic carbocycles. The summed E-state index contributed by atoms with van der Waals surface area (Å²) in [5.41, 5.74) is -1.28. The summed E-state index contributed by atoms with van der Waals surface area (Å²) in [7, 11) is 1.64. The predicted molar refractivity (Wildman–Crippen MR) is 109 cm³/mol. The molecule has 0 aromatic heterocycles. The first-order valence-corrected chi connectivity index (χ1v) is 11.5. The Kier molecular flexibility index (Phi) is 5.31. The van der Waals surface area contributed by atoms with E-state index in [1.54, 1.807) is 7.11 Å². The highest BCUT2D eigenvalue weighted by atomic mass is 32.9. The van der Waals surface area contributed by atoms with Gasteiger partial charge in [0.1, 0.15) is 11.2 Å². The molecule has 0 heterocycles. The van der Waals surface area contributed by atoms with E-state index in [1.165, 1.54) is 10.8 Å². The first-order chi connectivity index (χ1) is 11.5. The normalized spacial score (nSPS) is 15.0. The van der Waals surface area contributed by atoms with E-state index in [0.29, 0.717) is 0 Å². The van der Waals surface area contributed by atoms with Crippen molar-refractivity contribution in [1.82, 2.24) is 0 Å². The van der Waals surface area contributed by atoms with Crippen LogP contribution in [-0.4, -0.2) is 7.11 Å². The molecular formula is C19H19O2PS2. The number of hydrogen-bond acceptors (Lipinski definition) is 3. The van der Waals surface area contributed by atoms with Crippen molar-refractivity contribution in [2.75, 3.05) is 7.11 Å². The Morgan fingerprint density at radius 2 is 1.62 bits per heavy atom. The summed E-state index contributed by atoms with van der Waals surface area (Å²) in [6.45, 7) is 2.02. The maximum atomic E-state index is 6.18. The van der Waals surface area contributed by atoms with Gasteiger partial charge in [-0.1, -0.05) is 48.2 Å². The summed E-state index contributed by atoms with van der Waals surface area (Å²) >= 11 is 10.3. The average molecular weight is 374 g/mol. The molecule has 0 N–H and O–H groups in total. The fraction of sp³-hybridized carbons (Fsp3) is 0.158. The summed E-state index contributed by atoms with van der Waals surface area (Å²) in [4.78, 5) is 0. The SMILES string of the molecule is COc1ccc(P(=S)(S)O[C@H](C)c2ccc3ccccc3c2)cc1. The van der Waals surface area contributed by atoms with Crippen LogP contribution in [0.4, 0.5) is 0 Å². The van der Waals surface area contributed by atoms with Crippen LogP contribution in [0.25, 0.3) is 10.8 Å². The van der Waals surface area contributed by atoms with Gasteiger partial charge in [-0.15, -0.1) is 12.2 Å². The number of ether oxygens (including phenoxy) is 1. The van der Waals surface area contributed by atoms with Crippen LogP contribution in [0.15, 0.2) is 66.7 Å². The van der Waals surface area contributed by atoms with E-state index in [9.17, 15) is 0 Å². The number of thiol groups is 1. The first kappa shape index (κ1) is 17.5. The fourth-order valence-electron chi connectivity index (χ4n) is 2.57. The van der Waals surface area contributed by atoms with E-state index in [4.69, 9.17) is 21.1 Å². The fourth-order valence-corrected chi connectivity index (χ4v) is 5.34. The first-order valence-electron chi connectivity index (χ1n) is 7.64. The zero-order valence-corrected chi connectivity index (χ0v) is 16.2. The number of methoxy groups -OCH3 is 1. The monoisotopic (exact) mass is 374 g/mol. The van der Waals surface area contributed by atoms with Gasteiger partial charge in [0, 0.05) is 5.30 Å². The van der Waals surface area contributed by atoms with Gasteiger partial charge >= 0.3 is 0 Å². The lowest BCUT2D eigenvalue weighted by Gasteiger charge is -2.22. The Hall–Kier alpha value is -1.32. The van der Waals surface area contributed by atoms with Gasteiger partial charge in [0.2, 0.25) is 0 Å². The minimum absolute atomic E-state index is 0.125. The van der Waals surface area contributed by atoms with Crippen molar-refractivity contribution in [2.24, 2.45) is 0 Å². The lowest BCUT2D eigenvalue weighted by molar-refractivity contribution is 0.263. The van der Waals surface area contributed by atoms with Crippen molar-refractivity contribution in [3.8, 4) is 5.75 Å². The molecule has 0 amide bonds. The van der Waals surface area contributed by atoms with Gasteiger partial charge in [-0.2, -0.15) is 0 Å². The maximum absolute atomic E-state index is 6.18. The smallest absolute Gasteiger partial charge is 0.146 e. The standard InChI is InChI=1S/C19H19O2PS2/c1-14(16-8-7-15-5-3-4-6-17(15)13-16)21-22(23,24)19-11-9-18(20-2)10-12-19/h3-14H,1-2H3,(H,23,24)/t14-/m1/s1. The molecule has 3 rings (SSSR count). The van der Waals surface area contributed by atoms with Crippen molar-refractivity contribution in [2.45, 2.75) is 13.0 Å². The van der Waals surface area contributed by atoms with E-state index in [2.05, 4.69) is 42.6 Å². The van der Waals surface area contributed by atoms with Crippen LogP contribution in [0.3, 0.4) is 0 Å². The molecule has 0 spiro atoms. The molecule has 5 heteroatoms. The molecule has 0 saturated heterocycles. The third-order valence-electron chi connectivity index (χ3n) is 3.94. The molecule has 0 bridgehead atoms. The molecular weight excluding hydrogens is 355 g/mol. The van der Waals surface area contributed by atoms with Crippen LogP contribution >= 0.6 is 17.7 Å². The van der Waals surface area contributed by atoms with Crippen LogP contribution in [0.2, 0.25) is 0 Å². The summed E-state index contributed by atoms with van der Waals surface area (Å²) < 4.78 is 11.4. The zero-order chi connectivity index (χ0) is 17.2. The second-order valence-electron chi connectivity index (χ2n) is 5.57. The molecule has 0 saturated carbocycles. The third-order valence-corrected chi connectivity index (χ3v) is 7.36. The lowest BCUT2D eigenvalue weighted by Crippen LogP contribution is -2.06. The van der Waals surface area contributed by atoms with E-state index < -0.39 is 5.47 Å². The van der Waals surface area contributed by atoms with E-state index >= 15 is 0 Å². The van der Waals surface area contributed by atoms with Gasteiger partial charge < -0.3 is 9.26 Å². The number of hydrogen-bond donors (Lipinski definition) is 1. The van der Waals surface area contributed by atoms with Gasteiger partial charge in [0.25, 0.3) is 0 Å². The van der Waals surface area contributed by atoms with Crippen LogP contribution < -0.4 is 10.0 Å². The Balaban J connectivity index is 1.83. The minimum Gasteiger partial charge on any atom is -0.497 e. The van der Waals surface area contributed by atoms with Crippen molar-refractivity contribution in [1.29, 1.82) is 0 Å². The Morgan fingerprint density at radius 1 is 0.958 bits per heavy atom. The van der Waals surface area contributed by atoms with Gasteiger partial charge in [0.05, 0.1) is 13.2 Å². The molecule has 0 radical (unpaired) electrons. The Bertz CT molecular complexity index is 893. The molecule has 0 aliphatic heterocycles. The quantitative estimate of drug-likeness (QED) is 0.470. The van der Waals surface area contributed by atoms with E-state index in [-0.39, 0.29) is 6.10 Å². The molecule has 3 aromatic rings. The predicted octanol–water partition coefficient (Wildman–Crippen LogP) is 5.49. The summed E-state index contributed by atoms with van der Waals surface area (Å²) in [5, 5.41) is 3.34. The average Bonchev–Trinajstić information content (AvgIpc) is 2.61. The molecule has 0 fully saturated rings. The van der Waals surface area contributed by atoms with Gasteiger partial charge in [-0.25, -0.2) is 0 Å². The number of rotatable bonds is 5. The molecule has 2 nitrogen and oxygen atoms in total. The summed E-state index contributed by atoms with van der Waals surface area (Å²) in [5.74, 6) is 0.796.